The van der Waals surface area contributed by atoms with Crippen LogP contribution in [-0.4, -0.2) is 29.7 Å². The molecule has 0 fully saturated rings. The van der Waals surface area contributed by atoms with Crippen molar-refractivity contribution in [1.29, 1.82) is 0 Å². The molecular formula is C10H13BrN2O2. The molecule has 0 atom stereocenters. The summed E-state index contributed by atoms with van der Waals surface area (Å²) in [6.45, 7) is 0.695. The van der Waals surface area contributed by atoms with E-state index in [1.165, 1.54) is 0 Å². The van der Waals surface area contributed by atoms with Crippen molar-refractivity contribution in [2.24, 2.45) is 0 Å². The smallest absolute Gasteiger partial charge is 0.303 e. The fraction of sp³-hybridized carbons (Fsp3) is 0.400. The zero-order valence-corrected chi connectivity index (χ0v) is 10.1. The molecule has 0 unspecified atom stereocenters. The highest BCUT2D eigenvalue weighted by molar-refractivity contribution is 9.10. The van der Waals surface area contributed by atoms with E-state index >= 15 is 0 Å². The van der Waals surface area contributed by atoms with E-state index in [4.69, 9.17) is 5.11 Å². The van der Waals surface area contributed by atoms with Gasteiger partial charge in [0.15, 0.2) is 0 Å². The maximum atomic E-state index is 10.3. The van der Waals surface area contributed by atoms with Crippen LogP contribution < -0.4 is 4.90 Å². The molecule has 0 aliphatic carbocycles. The molecule has 5 heteroatoms. The van der Waals surface area contributed by atoms with Gasteiger partial charge in [-0.3, -0.25) is 4.79 Å². The Hall–Kier alpha value is -1.10. The van der Waals surface area contributed by atoms with Gasteiger partial charge in [-0.25, -0.2) is 4.98 Å². The highest BCUT2D eigenvalue weighted by Crippen LogP contribution is 2.13. The van der Waals surface area contributed by atoms with Crippen LogP contribution in [0.1, 0.15) is 12.8 Å². The van der Waals surface area contributed by atoms with Crippen molar-refractivity contribution < 1.29 is 9.90 Å². The molecule has 0 amide bonds. The van der Waals surface area contributed by atoms with Crippen molar-refractivity contribution >= 4 is 27.7 Å². The number of pyridine rings is 1. The Kier molecular flexibility index (Phi) is 4.55. The van der Waals surface area contributed by atoms with E-state index in [1.54, 1.807) is 6.20 Å². The monoisotopic (exact) mass is 272 g/mol. The van der Waals surface area contributed by atoms with Gasteiger partial charge >= 0.3 is 5.97 Å². The molecule has 1 aromatic rings. The molecule has 1 aromatic heterocycles. The number of hydrogen-bond donors (Lipinski definition) is 1. The van der Waals surface area contributed by atoms with E-state index in [0.717, 1.165) is 10.3 Å². The number of hydrogen-bond acceptors (Lipinski definition) is 3. The quantitative estimate of drug-likeness (QED) is 0.893. The summed E-state index contributed by atoms with van der Waals surface area (Å²) in [4.78, 5) is 16.5. The fourth-order valence-corrected chi connectivity index (χ4v) is 1.41. The first kappa shape index (κ1) is 12.0. The predicted octanol–water partition coefficient (Wildman–Crippen LogP) is 2.15. The number of carbonyl (C=O) groups is 1. The van der Waals surface area contributed by atoms with Crippen LogP contribution in [-0.2, 0) is 4.79 Å². The SMILES string of the molecule is CN(CCCC(=O)O)c1ccc(Br)cn1. The van der Waals surface area contributed by atoms with Crippen LogP contribution in [0.5, 0.6) is 0 Å². The van der Waals surface area contributed by atoms with Gasteiger partial charge < -0.3 is 10.0 Å². The third-order valence-corrected chi connectivity index (χ3v) is 2.46. The molecular weight excluding hydrogens is 260 g/mol. The second kappa shape index (κ2) is 5.70. The normalized spacial score (nSPS) is 10.0. The number of aromatic nitrogens is 1. The summed E-state index contributed by atoms with van der Waals surface area (Å²) in [7, 11) is 1.90. The highest BCUT2D eigenvalue weighted by Gasteiger charge is 2.03. The first-order valence-electron chi connectivity index (χ1n) is 4.64. The number of carboxylic acid groups (broad SMARTS) is 1. The highest BCUT2D eigenvalue weighted by atomic mass is 79.9. The number of halogens is 1. The summed E-state index contributed by atoms with van der Waals surface area (Å²) in [5, 5.41) is 8.49. The number of rotatable bonds is 5. The zero-order valence-electron chi connectivity index (χ0n) is 8.48. The lowest BCUT2D eigenvalue weighted by Crippen LogP contribution is -2.20. The average molecular weight is 273 g/mol. The topological polar surface area (TPSA) is 53.4 Å². The molecule has 0 spiro atoms. The molecule has 15 heavy (non-hydrogen) atoms. The third-order valence-electron chi connectivity index (χ3n) is 1.99. The van der Waals surface area contributed by atoms with Crippen LogP contribution in [0.15, 0.2) is 22.8 Å². The molecule has 82 valence electrons. The summed E-state index contributed by atoms with van der Waals surface area (Å²) in [5.74, 6) is 0.0933. The van der Waals surface area contributed by atoms with Crippen molar-refractivity contribution in [1.82, 2.24) is 4.98 Å². The van der Waals surface area contributed by atoms with Crippen molar-refractivity contribution in [3.8, 4) is 0 Å². The Morgan fingerprint density at radius 3 is 2.87 bits per heavy atom. The van der Waals surface area contributed by atoms with Crippen LogP contribution in [0, 0.1) is 0 Å². The fourth-order valence-electron chi connectivity index (χ4n) is 1.18. The lowest BCUT2D eigenvalue weighted by Gasteiger charge is -2.17. The Morgan fingerprint density at radius 1 is 1.60 bits per heavy atom. The molecule has 0 saturated carbocycles. The lowest BCUT2D eigenvalue weighted by atomic mass is 10.3. The van der Waals surface area contributed by atoms with E-state index in [-0.39, 0.29) is 6.42 Å². The molecule has 0 aromatic carbocycles. The van der Waals surface area contributed by atoms with Crippen LogP contribution in [0.25, 0.3) is 0 Å². The molecule has 4 nitrogen and oxygen atoms in total. The van der Waals surface area contributed by atoms with Crippen LogP contribution in [0.3, 0.4) is 0 Å². The maximum Gasteiger partial charge on any atom is 0.303 e. The second-order valence-corrected chi connectivity index (χ2v) is 4.17. The van der Waals surface area contributed by atoms with Gasteiger partial charge in [0, 0.05) is 30.7 Å². The Balaban J connectivity index is 2.43. The molecule has 0 saturated heterocycles. The summed E-state index contributed by atoms with van der Waals surface area (Å²) in [5.41, 5.74) is 0. The predicted molar refractivity (Wildman–Crippen MR) is 62.1 cm³/mol. The lowest BCUT2D eigenvalue weighted by molar-refractivity contribution is -0.137. The van der Waals surface area contributed by atoms with Gasteiger partial charge in [0.25, 0.3) is 0 Å². The third kappa shape index (κ3) is 4.29. The van der Waals surface area contributed by atoms with E-state index in [0.29, 0.717) is 13.0 Å². The van der Waals surface area contributed by atoms with E-state index in [9.17, 15) is 4.79 Å². The number of nitrogens with zero attached hydrogens (tertiary/aromatic N) is 2. The minimum Gasteiger partial charge on any atom is -0.481 e. The van der Waals surface area contributed by atoms with Crippen molar-refractivity contribution in [2.45, 2.75) is 12.8 Å². The van der Waals surface area contributed by atoms with E-state index in [2.05, 4.69) is 20.9 Å². The van der Waals surface area contributed by atoms with Crippen LogP contribution >= 0.6 is 15.9 Å². The Bertz CT molecular complexity index is 327. The zero-order chi connectivity index (χ0) is 11.3. The minimum atomic E-state index is -0.757. The Morgan fingerprint density at radius 2 is 2.33 bits per heavy atom. The first-order chi connectivity index (χ1) is 7.09. The molecule has 1 heterocycles. The second-order valence-electron chi connectivity index (χ2n) is 3.25. The van der Waals surface area contributed by atoms with Gasteiger partial charge in [-0.05, 0) is 34.5 Å². The maximum absolute atomic E-state index is 10.3. The van der Waals surface area contributed by atoms with Gasteiger partial charge in [-0.1, -0.05) is 0 Å². The molecule has 0 bridgehead atoms. The average Bonchev–Trinajstić information content (AvgIpc) is 2.18. The summed E-state index contributed by atoms with van der Waals surface area (Å²) >= 11 is 3.31. The van der Waals surface area contributed by atoms with E-state index in [1.807, 2.05) is 24.1 Å². The molecule has 1 N–H and O–H groups in total. The van der Waals surface area contributed by atoms with Crippen LogP contribution in [0.2, 0.25) is 0 Å². The van der Waals surface area contributed by atoms with Gasteiger partial charge in [-0.15, -0.1) is 0 Å². The summed E-state index contributed by atoms with van der Waals surface area (Å²) < 4.78 is 0.935. The van der Waals surface area contributed by atoms with Gasteiger partial charge in [0.05, 0.1) is 0 Å². The number of carboxylic acids is 1. The number of aliphatic carboxylic acids is 1. The van der Waals surface area contributed by atoms with Gasteiger partial charge in [-0.2, -0.15) is 0 Å². The van der Waals surface area contributed by atoms with Crippen LogP contribution in [0.4, 0.5) is 5.82 Å². The minimum absolute atomic E-state index is 0.195. The summed E-state index contributed by atoms with van der Waals surface area (Å²) in [6, 6.07) is 3.81. The molecule has 0 aliphatic heterocycles. The Labute approximate surface area is 97.1 Å². The van der Waals surface area contributed by atoms with E-state index < -0.39 is 5.97 Å². The van der Waals surface area contributed by atoms with Crippen molar-refractivity contribution in [3.63, 3.8) is 0 Å². The first-order valence-corrected chi connectivity index (χ1v) is 5.43. The number of anilines is 1. The molecule has 0 aliphatic rings. The van der Waals surface area contributed by atoms with Gasteiger partial charge in [0.2, 0.25) is 0 Å². The van der Waals surface area contributed by atoms with Crippen molar-refractivity contribution in [2.75, 3.05) is 18.5 Å². The summed E-state index contributed by atoms with van der Waals surface area (Å²) in [6.07, 6.45) is 2.55. The molecule has 0 radical (unpaired) electrons. The van der Waals surface area contributed by atoms with Gasteiger partial charge in [0.1, 0.15) is 5.82 Å². The molecule has 1 rings (SSSR count). The largest absolute Gasteiger partial charge is 0.481 e. The standard InChI is InChI=1S/C10H13BrN2O2/c1-13(6-2-3-10(14)15)9-5-4-8(11)7-12-9/h4-5,7H,2-3,6H2,1H3,(H,14,15). The van der Waals surface area contributed by atoms with Crippen molar-refractivity contribution in [3.05, 3.63) is 22.8 Å².